The average molecular weight is 485 g/mol. The molecule has 0 spiro atoms. The van der Waals surface area contributed by atoms with Gasteiger partial charge >= 0.3 is 0 Å². The minimum absolute atomic E-state index is 0. The van der Waals surface area contributed by atoms with Crippen molar-refractivity contribution < 1.29 is 42.0 Å². The van der Waals surface area contributed by atoms with Crippen LogP contribution in [0.4, 0.5) is 8.78 Å². The van der Waals surface area contributed by atoms with E-state index in [9.17, 15) is 8.78 Å². The summed E-state index contributed by atoms with van der Waals surface area (Å²) in [6.07, 6.45) is 4.49. The van der Waals surface area contributed by atoms with E-state index < -0.39 is 0 Å². The first kappa shape index (κ1) is 20.7. The number of quaternary nitrogens is 1. The van der Waals surface area contributed by atoms with Gasteiger partial charge in [-0.1, -0.05) is 24.3 Å². The molecule has 2 bridgehead atoms. The van der Waals surface area contributed by atoms with Crippen molar-refractivity contribution in [3.63, 3.8) is 0 Å². The molecule has 2 aromatic rings. The number of piperidine rings is 1. The minimum atomic E-state index is -0.297. The van der Waals surface area contributed by atoms with Crippen LogP contribution < -0.4 is 24.0 Å². The number of fused-ring (bicyclic) bond motifs is 2. The highest BCUT2D eigenvalue weighted by Crippen LogP contribution is 2.42. The summed E-state index contributed by atoms with van der Waals surface area (Å²) in [5, 5.41) is 0. The Hall–Kier alpha value is -1.05. The van der Waals surface area contributed by atoms with Gasteiger partial charge in [-0.15, -0.1) is 0 Å². The maximum Gasteiger partial charge on any atom is 0.123 e. The van der Waals surface area contributed by atoms with Gasteiger partial charge in [0.2, 0.25) is 0 Å². The Morgan fingerprint density at radius 3 is 1.63 bits per heavy atom. The van der Waals surface area contributed by atoms with Crippen molar-refractivity contribution in [1.29, 1.82) is 0 Å². The number of hydrogen-bond acceptors (Lipinski definition) is 1. The fraction of sp³-hybridized carbons (Fsp3) is 0.455. The van der Waals surface area contributed by atoms with Crippen LogP contribution >= 0.6 is 0 Å². The summed E-state index contributed by atoms with van der Waals surface area (Å²) in [6.45, 7) is 0. The van der Waals surface area contributed by atoms with Crippen molar-refractivity contribution in [1.82, 2.24) is 0 Å². The lowest BCUT2D eigenvalue weighted by atomic mass is 9.96. The largest absolute Gasteiger partial charge is 1.00 e. The van der Waals surface area contributed by atoms with Crippen molar-refractivity contribution in [2.75, 3.05) is 14.1 Å². The Morgan fingerprint density at radius 2 is 1.22 bits per heavy atom. The number of hydrogen-bond donors (Lipinski definition) is 0. The maximum atomic E-state index is 13.4. The molecule has 2 aromatic carbocycles. The normalized spacial score (nSPS) is 26.0. The smallest absolute Gasteiger partial charge is 0.123 e. The van der Waals surface area contributed by atoms with Crippen molar-refractivity contribution in [3.8, 4) is 0 Å². The summed E-state index contributed by atoms with van der Waals surface area (Å²) >= 11 is 0. The Morgan fingerprint density at radius 1 is 0.815 bits per heavy atom. The summed E-state index contributed by atoms with van der Waals surface area (Å²) in [4.78, 5) is 0. The van der Waals surface area contributed by atoms with Crippen LogP contribution in [0.3, 0.4) is 0 Å². The van der Waals surface area contributed by atoms with E-state index in [0.29, 0.717) is 12.1 Å². The lowest BCUT2D eigenvalue weighted by Crippen LogP contribution is -3.00. The third-order valence-electron chi connectivity index (χ3n) is 6.46. The SMILES string of the molecule is C[N+]1(C)C2CCC1CC(OC(c1ccc(F)cc1)c1ccc(F)cc1)C2.[I-]. The molecule has 0 radical (unpaired) electrons. The van der Waals surface area contributed by atoms with Crippen molar-refractivity contribution in [3.05, 3.63) is 71.3 Å². The van der Waals surface area contributed by atoms with Gasteiger partial charge in [0.1, 0.15) is 17.7 Å². The van der Waals surface area contributed by atoms with Crippen LogP contribution in [0, 0.1) is 11.6 Å². The van der Waals surface area contributed by atoms with E-state index in [1.54, 1.807) is 24.3 Å². The molecule has 0 aromatic heterocycles. The fourth-order valence-corrected chi connectivity index (χ4v) is 4.76. The van der Waals surface area contributed by atoms with Gasteiger partial charge in [0.25, 0.3) is 0 Å². The number of benzene rings is 2. The van der Waals surface area contributed by atoms with Crippen molar-refractivity contribution in [2.24, 2.45) is 0 Å². The predicted octanol–water partition coefficient (Wildman–Crippen LogP) is 1.84. The zero-order chi connectivity index (χ0) is 18.3. The second kappa shape index (κ2) is 8.13. The zero-order valence-corrected chi connectivity index (χ0v) is 17.9. The van der Waals surface area contributed by atoms with Gasteiger partial charge in [-0.25, -0.2) is 8.78 Å². The van der Waals surface area contributed by atoms with Gasteiger partial charge in [0.15, 0.2) is 0 Å². The van der Waals surface area contributed by atoms with Crippen LogP contribution in [0.25, 0.3) is 0 Å². The van der Waals surface area contributed by atoms with Crippen LogP contribution in [0.1, 0.15) is 42.9 Å². The molecule has 2 unspecified atom stereocenters. The van der Waals surface area contributed by atoms with E-state index in [4.69, 9.17) is 4.74 Å². The van der Waals surface area contributed by atoms with E-state index >= 15 is 0 Å². The molecular weight excluding hydrogens is 459 g/mol. The van der Waals surface area contributed by atoms with Gasteiger partial charge < -0.3 is 33.2 Å². The maximum absolute atomic E-state index is 13.4. The molecule has 0 saturated carbocycles. The molecule has 2 fully saturated rings. The van der Waals surface area contributed by atoms with Crippen LogP contribution in [-0.2, 0) is 4.74 Å². The number of nitrogens with zero attached hydrogens (tertiary/aromatic N) is 1. The first-order valence-corrected chi connectivity index (χ1v) is 9.43. The third kappa shape index (κ3) is 4.20. The van der Waals surface area contributed by atoms with E-state index in [1.165, 1.54) is 37.1 Å². The zero-order valence-electron chi connectivity index (χ0n) is 15.7. The number of ether oxygens (including phenoxy) is 1. The first-order valence-electron chi connectivity index (χ1n) is 9.43. The molecule has 2 saturated heterocycles. The Labute approximate surface area is 177 Å². The number of rotatable bonds is 4. The monoisotopic (exact) mass is 485 g/mol. The Balaban J connectivity index is 0.00000210. The molecule has 2 aliphatic rings. The number of halogens is 3. The third-order valence-corrected chi connectivity index (χ3v) is 6.46. The highest BCUT2D eigenvalue weighted by atomic mass is 127. The molecule has 2 heterocycles. The standard InChI is InChI=1S/C22H26F2NO.HI/c1-25(2)19-11-12-20(25)14-21(13-19)26-22(15-3-7-17(23)8-4-15)16-5-9-18(24)10-6-16;/h3-10,19-22H,11-14H2,1-2H3;1H/q+1;/p-1. The molecule has 0 aliphatic carbocycles. The van der Waals surface area contributed by atoms with E-state index in [-0.39, 0.29) is 47.8 Å². The van der Waals surface area contributed by atoms with E-state index in [0.717, 1.165) is 28.5 Å². The molecule has 0 amide bonds. The molecule has 146 valence electrons. The topological polar surface area (TPSA) is 9.23 Å². The van der Waals surface area contributed by atoms with Crippen LogP contribution in [-0.4, -0.2) is 36.8 Å². The second-order valence-corrected chi connectivity index (χ2v) is 8.23. The van der Waals surface area contributed by atoms with E-state index in [1.807, 2.05) is 0 Å². The predicted molar refractivity (Wildman–Crippen MR) is 97.7 cm³/mol. The van der Waals surface area contributed by atoms with Crippen LogP contribution in [0.15, 0.2) is 48.5 Å². The highest BCUT2D eigenvalue weighted by molar-refractivity contribution is 5.30. The van der Waals surface area contributed by atoms with E-state index in [2.05, 4.69) is 14.1 Å². The van der Waals surface area contributed by atoms with Crippen LogP contribution in [0.5, 0.6) is 0 Å². The van der Waals surface area contributed by atoms with Gasteiger partial charge in [-0.3, -0.25) is 0 Å². The lowest BCUT2D eigenvalue weighted by molar-refractivity contribution is -0.931. The molecule has 4 rings (SSSR count). The molecule has 2 aliphatic heterocycles. The average Bonchev–Trinajstić information content (AvgIpc) is 2.78. The Kier molecular flexibility index (Phi) is 6.23. The van der Waals surface area contributed by atoms with Crippen LogP contribution in [0.2, 0.25) is 0 Å². The molecule has 0 N–H and O–H groups in total. The highest BCUT2D eigenvalue weighted by Gasteiger charge is 2.49. The summed E-state index contributed by atoms with van der Waals surface area (Å²) in [6, 6.07) is 14.2. The summed E-state index contributed by atoms with van der Waals surface area (Å²) in [5.41, 5.74) is 1.81. The van der Waals surface area contributed by atoms with Crippen molar-refractivity contribution >= 4 is 0 Å². The van der Waals surface area contributed by atoms with Gasteiger partial charge in [-0.05, 0) is 35.4 Å². The molecular formula is C22H26F2INO. The van der Waals surface area contributed by atoms with Gasteiger partial charge in [0.05, 0.1) is 32.3 Å². The Bertz CT molecular complexity index is 701. The second-order valence-electron chi connectivity index (χ2n) is 8.23. The quantitative estimate of drug-likeness (QED) is 0.475. The summed E-state index contributed by atoms with van der Waals surface area (Å²) in [7, 11) is 4.66. The van der Waals surface area contributed by atoms with Gasteiger partial charge in [-0.2, -0.15) is 0 Å². The molecule has 27 heavy (non-hydrogen) atoms. The first-order chi connectivity index (χ1) is 12.4. The van der Waals surface area contributed by atoms with Crippen molar-refractivity contribution in [2.45, 2.75) is 50.0 Å². The minimum Gasteiger partial charge on any atom is -1.00 e. The summed E-state index contributed by atoms with van der Waals surface area (Å²) < 4.78 is 34.4. The molecule has 5 heteroatoms. The summed E-state index contributed by atoms with van der Waals surface area (Å²) in [5.74, 6) is -0.525. The van der Waals surface area contributed by atoms with Gasteiger partial charge in [0, 0.05) is 25.7 Å². The lowest BCUT2D eigenvalue weighted by Gasteiger charge is -2.44. The molecule has 2 atom stereocenters. The molecule has 2 nitrogen and oxygen atoms in total. The fourth-order valence-electron chi connectivity index (χ4n) is 4.76.